The maximum atomic E-state index is 9.76. The maximum Gasteiger partial charge on any atom is 0.160 e. The Balaban J connectivity index is 2.20. The molecule has 0 saturated carbocycles. The molecule has 0 saturated heterocycles. The van der Waals surface area contributed by atoms with Crippen LogP contribution in [0.2, 0.25) is 0 Å². The van der Waals surface area contributed by atoms with E-state index in [0.29, 0.717) is 35.1 Å². The second-order valence-electron chi connectivity index (χ2n) is 7.39. The molecule has 150 valence electrons. The Morgan fingerprint density at radius 3 is 2.14 bits per heavy atom. The fourth-order valence-electron chi connectivity index (χ4n) is 4.11. The minimum absolute atomic E-state index is 0.0579. The standard InChI is InChI=1S/C22H27NO5/c1-22(2)15(13-7-8-18(26-4)19(9-13)27-5)12-17(23-24)21-16(22)10-14(25-3)11-20(21)28-6/h7-11,15,24H,12H2,1-6H3. The number of oxime groups is 1. The zero-order chi connectivity index (χ0) is 20.5. The SMILES string of the molecule is COc1cc(OC)c2c(c1)C(C)(C)C(c1ccc(OC)c(OC)c1)CC2=NO. The van der Waals surface area contributed by atoms with Crippen LogP contribution >= 0.6 is 0 Å². The third-order valence-corrected chi connectivity index (χ3v) is 5.71. The van der Waals surface area contributed by atoms with E-state index in [0.717, 1.165) is 16.7 Å². The van der Waals surface area contributed by atoms with Crippen LogP contribution < -0.4 is 18.9 Å². The zero-order valence-corrected chi connectivity index (χ0v) is 17.2. The Kier molecular flexibility index (Phi) is 5.40. The van der Waals surface area contributed by atoms with Crippen molar-refractivity contribution < 1.29 is 24.2 Å². The van der Waals surface area contributed by atoms with E-state index in [9.17, 15) is 5.21 Å². The smallest absolute Gasteiger partial charge is 0.160 e. The van der Waals surface area contributed by atoms with Gasteiger partial charge in [-0.15, -0.1) is 0 Å². The van der Waals surface area contributed by atoms with Crippen molar-refractivity contribution in [3.8, 4) is 23.0 Å². The number of benzene rings is 2. The van der Waals surface area contributed by atoms with Crippen LogP contribution in [-0.2, 0) is 5.41 Å². The van der Waals surface area contributed by atoms with Crippen molar-refractivity contribution in [2.24, 2.45) is 5.16 Å². The molecule has 0 amide bonds. The molecule has 0 aromatic heterocycles. The third kappa shape index (κ3) is 3.13. The molecule has 0 bridgehead atoms. The summed E-state index contributed by atoms with van der Waals surface area (Å²) in [6.07, 6.45) is 0.564. The molecule has 1 N–H and O–H groups in total. The average molecular weight is 385 g/mol. The first-order chi connectivity index (χ1) is 13.4. The number of fused-ring (bicyclic) bond motifs is 1. The lowest BCUT2D eigenvalue weighted by molar-refractivity contribution is 0.311. The van der Waals surface area contributed by atoms with Gasteiger partial charge in [0.2, 0.25) is 0 Å². The summed E-state index contributed by atoms with van der Waals surface area (Å²) in [7, 11) is 6.48. The third-order valence-electron chi connectivity index (χ3n) is 5.71. The number of ether oxygens (including phenoxy) is 4. The highest BCUT2D eigenvalue weighted by Crippen LogP contribution is 2.51. The number of rotatable bonds is 5. The summed E-state index contributed by atoms with van der Waals surface area (Å²) in [5.41, 5.74) is 3.24. The van der Waals surface area contributed by atoms with Gasteiger partial charge in [-0.2, -0.15) is 0 Å². The van der Waals surface area contributed by atoms with Crippen molar-refractivity contribution >= 4 is 5.71 Å². The van der Waals surface area contributed by atoms with Gasteiger partial charge in [0.15, 0.2) is 11.5 Å². The predicted molar refractivity (Wildman–Crippen MR) is 108 cm³/mol. The van der Waals surface area contributed by atoms with Crippen LogP contribution in [0.4, 0.5) is 0 Å². The lowest BCUT2D eigenvalue weighted by Gasteiger charge is -2.41. The van der Waals surface area contributed by atoms with E-state index >= 15 is 0 Å². The summed E-state index contributed by atoms with van der Waals surface area (Å²) in [6, 6.07) is 9.74. The van der Waals surface area contributed by atoms with Crippen LogP contribution in [0, 0.1) is 0 Å². The molecule has 0 heterocycles. The van der Waals surface area contributed by atoms with Gasteiger partial charge in [0.05, 0.1) is 34.2 Å². The molecule has 1 aliphatic carbocycles. The average Bonchev–Trinajstić information content (AvgIpc) is 2.72. The minimum atomic E-state index is -0.273. The van der Waals surface area contributed by atoms with Crippen molar-refractivity contribution in [2.75, 3.05) is 28.4 Å². The van der Waals surface area contributed by atoms with Gasteiger partial charge >= 0.3 is 0 Å². The molecule has 0 spiro atoms. The van der Waals surface area contributed by atoms with E-state index < -0.39 is 0 Å². The second kappa shape index (κ2) is 7.62. The Morgan fingerprint density at radius 1 is 0.893 bits per heavy atom. The van der Waals surface area contributed by atoms with E-state index in [1.165, 1.54) is 0 Å². The zero-order valence-electron chi connectivity index (χ0n) is 17.2. The molecule has 1 aliphatic rings. The van der Waals surface area contributed by atoms with Crippen molar-refractivity contribution in [3.05, 3.63) is 47.0 Å². The van der Waals surface area contributed by atoms with Gasteiger partial charge in [-0.3, -0.25) is 0 Å². The summed E-state index contributed by atoms with van der Waals surface area (Å²) in [4.78, 5) is 0. The molecule has 2 aromatic carbocycles. The Labute approximate surface area is 165 Å². The van der Waals surface area contributed by atoms with E-state index in [-0.39, 0.29) is 11.3 Å². The number of methoxy groups -OCH3 is 4. The van der Waals surface area contributed by atoms with Crippen LogP contribution in [0.1, 0.15) is 42.9 Å². The van der Waals surface area contributed by atoms with Crippen molar-refractivity contribution in [3.63, 3.8) is 0 Å². The van der Waals surface area contributed by atoms with E-state index in [1.807, 2.05) is 30.3 Å². The normalized spacial score (nSPS) is 19.1. The van der Waals surface area contributed by atoms with Crippen LogP contribution in [-0.4, -0.2) is 39.4 Å². The Hall–Kier alpha value is -2.89. The first-order valence-corrected chi connectivity index (χ1v) is 9.10. The fourth-order valence-corrected chi connectivity index (χ4v) is 4.11. The molecular weight excluding hydrogens is 358 g/mol. The molecule has 0 aliphatic heterocycles. The lowest BCUT2D eigenvalue weighted by atomic mass is 9.62. The highest BCUT2D eigenvalue weighted by atomic mass is 16.5. The van der Waals surface area contributed by atoms with Gasteiger partial charge in [0.1, 0.15) is 11.5 Å². The highest BCUT2D eigenvalue weighted by molar-refractivity contribution is 6.06. The lowest BCUT2D eigenvalue weighted by Crippen LogP contribution is -2.36. The molecule has 6 heteroatoms. The van der Waals surface area contributed by atoms with Crippen LogP contribution in [0.5, 0.6) is 23.0 Å². The number of hydrogen-bond donors (Lipinski definition) is 1. The highest BCUT2D eigenvalue weighted by Gasteiger charge is 2.42. The Morgan fingerprint density at radius 2 is 1.57 bits per heavy atom. The van der Waals surface area contributed by atoms with Gasteiger partial charge < -0.3 is 24.2 Å². The summed E-state index contributed by atoms with van der Waals surface area (Å²) >= 11 is 0. The van der Waals surface area contributed by atoms with E-state index in [1.54, 1.807) is 28.4 Å². The molecule has 0 fully saturated rings. The summed E-state index contributed by atoms with van der Waals surface area (Å²) in [5, 5.41) is 13.4. The van der Waals surface area contributed by atoms with E-state index in [2.05, 4.69) is 19.0 Å². The van der Waals surface area contributed by atoms with Crippen molar-refractivity contribution in [2.45, 2.75) is 31.6 Å². The summed E-state index contributed by atoms with van der Waals surface area (Å²) in [6.45, 7) is 4.36. The van der Waals surface area contributed by atoms with Gasteiger partial charge in [-0.05, 0) is 40.7 Å². The van der Waals surface area contributed by atoms with Crippen LogP contribution in [0.3, 0.4) is 0 Å². The van der Waals surface area contributed by atoms with Gasteiger partial charge in [-0.1, -0.05) is 25.1 Å². The molecule has 6 nitrogen and oxygen atoms in total. The number of nitrogens with zero attached hydrogens (tertiary/aromatic N) is 1. The predicted octanol–water partition coefficient (Wildman–Crippen LogP) is 4.36. The first-order valence-electron chi connectivity index (χ1n) is 9.10. The largest absolute Gasteiger partial charge is 0.497 e. The Bertz CT molecular complexity index is 904. The van der Waals surface area contributed by atoms with Gasteiger partial charge in [0, 0.05) is 18.1 Å². The molecule has 0 radical (unpaired) electrons. The molecule has 2 aromatic rings. The molecule has 1 unspecified atom stereocenters. The summed E-state index contributed by atoms with van der Waals surface area (Å²) in [5.74, 6) is 2.75. The summed E-state index contributed by atoms with van der Waals surface area (Å²) < 4.78 is 21.9. The van der Waals surface area contributed by atoms with Crippen molar-refractivity contribution in [1.82, 2.24) is 0 Å². The number of hydrogen-bond acceptors (Lipinski definition) is 6. The second-order valence-corrected chi connectivity index (χ2v) is 7.39. The maximum absolute atomic E-state index is 9.76. The quantitative estimate of drug-likeness (QED) is 0.612. The van der Waals surface area contributed by atoms with Gasteiger partial charge in [-0.25, -0.2) is 0 Å². The minimum Gasteiger partial charge on any atom is -0.497 e. The topological polar surface area (TPSA) is 69.5 Å². The first kappa shape index (κ1) is 19.9. The van der Waals surface area contributed by atoms with Crippen molar-refractivity contribution in [1.29, 1.82) is 0 Å². The molecular formula is C22H27NO5. The van der Waals surface area contributed by atoms with Crippen LogP contribution in [0.25, 0.3) is 0 Å². The monoisotopic (exact) mass is 385 g/mol. The molecule has 28 heavy (non-hydrogen) atoms. The van der Waals surface area contributed by atoms with Gasteiger partial charge in [0.25, 0.3) is 0 Å². The molecule has 3 rings (SSSR count). The molecule has 1 atom stereocenters. The fraction of sp³-hybridized carbons (Fsp3) is 0.409. The van der Waals surface area contributed by atoms with E-state index in [4.69, 9.17) is 18.9 Å². The van der Waals surface area contributed by atoms with Crippen LogP contribution in [0.15, 0.2) is 35.5 Å².